The van der Waals surface area contributed by atoms with Crippen LogP contribution >= 0.6 is 46.4 Å². The van der Waals surface area contributed by atoms with Gasteiger partial charge in [0.05, 0.1) is 38.8 Å². The van der Waals surface area contributed by atoms with Crippen LogP contribution in [-0.2, 0) is 9.59 Å². The summed E-state index contributed by atoms with van der Waals surface area (Å²) in [6, 6.07) is 13.8. The second kappa shape index (κ2) is 9.51. The highest BCUT2D eigenvalue weighted by Crippen LogP contribution is 2.45. The molecule has 0 radical (unpaired) electrons. The lowest BCUT2D eigenvalue weighted by Gasteiger charge is -2.27. The van der Waals surface area contributed by atoms with Gasteiger partial charge >= 0.3 is 0 Å². The van der Waals surface area contributed by atoms with Crippen LogP contribution in [0.3, 0.4) is 0 Å². The van der Waals surface area contributed by atoms with Gasteiger partial charge in [0.15, 0.2) is 5.75 Å². The Morgan fingerprint density at radius 2 is 1.56 bits per heavy atom. The molecule has 3 aromatic rings. The molecule has 0 spiro atoms. The largest absolute Gasteiger partial charge is 0.507 e. The van der Waals surface area contributed by atoms with E-state index in [0.29, 0.717) is 16.3 Å². The highest BCUT2D eigenvalue weighted by molar-refractivity contribution is 6.52. The summed E-state index contributed by atoms with van der Waals surface area (Å²) in [6.45, 7) is 1.85. The molecule has 4 rings (SSSR count). The molecule has 5 nitrogen and oxygen atoms in total. The third-order valence-electron chi connectivity index (χ3n) is 5.58. The van der Waals surface area contributed by atoms with Crippen molar-refractivity contribution in [1.82, 2.24) is 0 Å². The predicted octanol–water partition coefficient (Wildman–Crippen LogP) is 7.24. The first-order valence-corrected chi connectivity index (χ1v) is 11.5. The summed E-state index contributed by atoms with van der Waals surface area (Å²) in [6.07, 6.45) is 0. The van der Waals surface area contributed by atoms with Gasteiger partial charge in [-0.1, -0.05) is 70.7 Å². The number of halogens is 4. The van der Waals surface area contributed by atoms with Gasteiger partial charge in [-0.25, -0.2) is 0 Å². The topological polar surface area (TPSA) is 66.8 Å². The van der Waals surface area contributed by atoms with Crippen molar-refractivity contribution in [2.24, 2.45) is 0 Å². The summed E-state index contributed by atoms with van der Waals surface area (Å²) < 4.78 is 5.16. The monoisotopic (exact) mass is 535 g/mol. The first-order chi connectivity index (χ1) is 16.1. The zero-order chi connectivity index (χ0) is 24.7. The molecule has 1 fully saturated rings. The van der Waals surface area contributed by atoms with Crippen LogP contribution < -0.4 is 9.64 Å². The fourth-order valence-electron chi connectivity index (χ4n) is 3.97. The molecule has 174 valence electrons. The lowest BCUT2D eigenvalue weighted by molar-refractivity contribution is -0.132. The van der Waals surface area contributed by atoms with Crippen molar-refractivity contribution in [3.8, 4) is 5.75 Å². The Labute approximate surface area is 216 Å². The van der Waals surface area contributed by atoms with E-state index in [1.807, 2.05) is 19.1 Å². The molecule has 0 saturated carbocycles. The van der Waals surface area contributed by atoms with Crippen LogP contribution in [-0.4, -0.2) is 23.9 Å². The fraction of sp³-hybridized carbons (Fsp3) is 0.120. The standard InChI is InChI=1S/C25H17Cl4NO4/c1-12-5-3-4-6-15(12)21-20(22(31)13-9-18(28)24(34-2)19(29)10-13)23(32)25(33)30(21)14-7-8-16(26)17(27)11-14/h3-11,21,31H,1-2H3/b22-20+. The molecule has 34 heavy (non-hydrogen) atoms. The van der Waals surface area contributed by atoms with E-state index < -0.39 is 23.5 Å². The molecule has 1 aliphatic rings. The number of amides is 1. The number of aliphatic hydroxyl groups excluding tert-OH is 1. The summed E-state index contributed by atoms with van der Waals surface area (Å²) in [7, 11) is 1.41. The average molecular weight is 537 g/mol. The third kappa shape index (κ3) is 4.14. The Morgan fingerprint density at radius 3 is 2.15 bits per heavy atom. The Kier molecular flexibility index (Phi) is 6.83. The molecular weight excluding hydrogens is 520 g/mol. The van der Waals surface area contributed by atoms with Crippen LogP contribution in [0.4, 0.5) is 5.69 Å². The smallest absolute Gasteiger partial charge is 0.300 e. The summed E-state index contributed by atoms with van der Waals surface area (Å²) >= 11 is 24.8. The fourth-order valence-corrected chi connectivity index (χ4v) is 4.90. The molecule has 0 aromatic heterocycles. The lowest BCUT2D eigenvalue weighted by atomic mass is 9.92. The number of rotatable bonds is 4. The summed E-state index contributed by atoms with van der Waals surface area (Å²) in [4.78, 5) is 27.8. The zero-order valence-electron chi connectivity index (χ0n) is 17.9. The Morgan fingerprint density at radius 1 is 0.912 bits per heavy atom. The maximum atomic E-state index is 13.3. The van der Waals surface area contributed by atoms with Crippen molar-refractivity contribution in [2.75, 3.05) is 12.0 Å². The number of ether oxygens (including phenoxy) is 1. The number of Topliss-reactive ketones (excluding diaryl/α,β-unsaturated/α-hetero) is 1. The van der Waals surface area contributed by atoms with Gasteiger partial charge in [-0.05, 0) is 48.4 Å². The quantitative estimate of drug-likeness (QED) is 0.217. The van der Waals surface area contributed by atoms with Crippen LogP contribution in [0.2, 0.25) is 20.1 Å². The molecule has 0 aliphatic carbocycles. The minimum Gasteiger partial charge on any atom is -0.507 e. The number of aliphatic hydroxyl groups is 1. The van der Waals surface area contributed by atoms with Gasteiger partial charge in [-0.15, -0.1) is 0 Å². The maximum Gasteiger partial charge on any atom is 0.300 e. The molecule has 1 saturated heterocycles. The molecule has 3 aromatic carbocycles. The van der Waals surface area contributed by atoms with Crippen molar-refractivity contribution < 1.29 is 19.4 Å². The van der Waals surface area contributed by atoms with Gasteiger partial charge in [0.25, 0.3) is 11.7 Å². The minimum atomic E-state index is -0.932. The van der Waals surface area contributed by atoms with E-state index in [4.69, 9.17) is 51.1 Å². The molecular formula is C25H17Cl4NO4. The van der Waals surface area contributed by atoms with Crippen LogP contribution in [0.1, 0.15) is 22.7 Å². The van der Waals surface area contributed by atoms with Gasteiger partial charge in [0, 0.05) is 11.3 Å². The maximum absolute atomic E-state index is 13.3. The number of ketones is 1. The van der Waals surface area contributed by atoms with E-state index >= 15 is 0 Å². The van der Waals surface area contributed by atoms with Gasteiger partial charge in [-0.3, -0.25) is 14.5 Å². The van der Waals surface area contributed by atoms with Crippen LogP contribution in [0, 0.1) is 6.92 Å². The number of aryl methyl sites for hydroxylation is 1. The van der Waals surface area contributed by atoms with Crippen LogP contribution in [0.15, 0.2) is 60.2 Å². The number of methoxy groups -OCH3 is 1. The van der Waals surface area contributed by atoms with Crippen molar-refractivity contribution in [3.05, 3.63) is 97.0 Å². The molecule has 0 bridgehead atoms. The summed E-state index contributed by atoms with van der Waals surface area (Å²) in [5, 5.41) is 12.1. The van der Waals surface area contributed by atoms with Gasteiger partial charge in [0.1, 0.15) is 5.76 Å². The highest BCUT2D eigenvalue weighted by atomic mass is 35.5. The number of hydrogen-bond acceptors (Lipinski definition) is 4. The van der Waals surface area contributed by atoms with Crippen molar-refractivity contribution in [3.63, 3.8) is 0 Å². The van der Waals surface area contributed by atoms with E-state index in [-0.39, 0.29) is 32.0 Å². The molecule has 1 N–H and O–H groups in total. The number of anilines is 1. The number of carbonyl (C=O) groups is 2. The average Bonchev–Trinajstić information content (AvgIpc) is 3.05. The molecule has 1 unspecified atom stereocenters. The molecule has 1 heterocycles. The number of nitrogens with zero attached hydrogens (tertiary/aromatic N) is 1. The molecule has 1 amide bonds. The molecule has 1 atom stereocenters. The first-order valence-electron chi connectivity index (χ1n) is 10.0. The number of carbonyl (C=O) groups excluding carboxylic acids is 2. The van der Waals surface area contributed by atoms with Crippen molar-refractivity contribution in [1.29, 1.82) is 0 Å². The van der Waals surface area contributed by atoms with Gasteiger partial charge < -0.3 is 9.84 Å². The van der Waals surface area contributed by atoms with E-state index in [2.05, 4.69) is 0 Å². The minimum absolute atomic E-state index is 0.109. The van der Waals surface area contributed by atoms with E-state index in [0.717, 1.165) is 5.56 Å². The second-order valence-corrected chi connectivity index (χ2v) is 9.23. The van der Waals surface area contributed by atoms with Crippen molar-refractivity contribution >= 4 is 69.5 Å². The van der Waals surface area contributed by atoms with Crippen LogP contribution in [0.5, 0.6) is 5.75 Å². The van der Waals surface area contributed by atoms with Gasteiger partial charge in [-0.2, -0.15) is 0 Å². The predicted molar refractivity (Wildman–Crippen MR) is 135 cm³/mol. The third-order valence-corrected chi connectivity index (χ3v) is 6.89. The van der Waals surface area contributed by atoms with Crippen LogP contribution in [0.25, 0.3) is 5.76 Å². The highest BCUT2D eigenvalue weighted by Gasteiger charge is 2.47. The lowest BCUT2D eigenvalue weighted by Crippen LogP contribution is -2.29. The number of hydrogen-bond donors (Lipinski definition) is 1. The Bertz CT molecular complexity index is 1350. The Balaban J connectivity index is 1.99. The van der Waals surface area contributed by atoms with Crippen molar-refractivity contribution in [2.45, 2.75) is 13.0 Å². The van der Waals surface area contributed by atoms with E-state index in [1.165, 1.54) is 36.3 Å². The zero-order valence-corrected chi connectivity index (χ0v) is 20.9. The SMILES string of the molecule is COc1c(Cl)cc(/C(O)=C2\C(=O)C(=O)N(c3ccc(Cl)c(Cl)c3)C2c2ccccc2C)cc1Cl. The van der Waals surface area contributed by atoms with E-state index in [9.17, 15) is 14.7 Å². The normalized spacial score (nSPS) is 17.4. The summed E-state index contributed by atoms with van der Waals surface area (Å²) in [5.74, 6) is -1.87. The summed E-state index contributed by atoms with van der Waals surface area (Å²) in [5.41, 5.74) is 1.88. The Hall–Kier alpha value is -2.70. The number of benzene rings is 3. The first kappa shape index (κ1) is 24.4. The van der Waals surface area contributed by atoms with Gasteiger partial charge in [0.2, 0.25) is 0 Å². The molecule has 1 aliphatic heterocycles. The second-order valence-electron chi connectivity index (χ2n) is 7.60. The molecule has 9 heteroatoms. The van der Waals surface area contributed by atoms with E-state index in [1.54, 1.807) is 18.2 Å².